The third-order valence-electron chi connectivity index (χ3n) is 13.0. The van der Waals surface area contributed by atoms with Crippen LogP contribution in [0.4, 0.5) is 0 Å². The van der Waals surface area contributed by atoms with E-state index in [0.717, 1.165) is 35.5 Å². The molecule has 0 aromatic heterocycles. The van der Waals surface area contributed by atoms with Gasteiger partial charge < -0.3 is 0 Å². The van der Waals surface area contributed by atoms with Gasteiger partial charge in [-0.25, -0.2) is 0 Å². The number of fused-ring (bicyclic) bond motifs is 7. The van der Waals surface area contributed by atoms with E-state index in [1.807, 2.05) is 0 Å². The largest absolute Gasteiger partial charge is 0.0874 e. The van der Waals surface area contributed by atoms with Crippen molar-refractivity contribution in [3.05, 3.63) is 12.2 Å². The molecule has 0 radical (unpaired) electrons. The Morgan fingerprint density at radius 1 is 0.733 bits per heavy atom. The van der Waals surface area contributed by atoms with Crippen LogP contribution in [0.25, 0.3) is 0 Å². The van der Waals surface area contributed by atoms with Crippen molar-refractivity contribution < 1.29 is 0 Å². The van der Waals surface area contributed by atoms with Crippen molar-refractivity contribution in [3.63, 3.8) is 0 Å². The first kappa shape index (κ1) is 21.6. The van der Waals surface area contributed by atoms with E-state index < -0.39 is 0 Å². The molecule has 0 heterocycles. The molecule has 0 heteroatoms. The van der Waals surface area contributed by atoms with Gasteiger partial charge in [-0.15, -0.1) is 0 Å². The molecule has 5 aliphatic carbocycles. The van der Waals surface area contributed by atoms with E-state index >= 15 is 0 Å². The van der Waals surface area contributed by atoms with Gasteiger partial charge >= 0.3 is 0 Å². The summed E-state index contributed by atoms with van der Waals surface area (Å²) in [6, 6.07) is 0. The van der Waals surface area contributed by atoms with Crippen LogP contribution in [0, 0.1) is 62.6 Å². The van der Waals surface area contributed by atoms with Crippen LogP contribution in [0.2, 0.25) is 0 Å². The fraction of sp³-hybridized carbons (Fsp3) is 0.933. The zero-order valence-electron chi connectivity index (χ0n) is 21.5. The molecule has 0 aromatic rings. The van der Waals surface area contributed by atoms with Crippen molar-refractivity contribution in [2.45, 2.75) is 113 Å². The molecular weight excluding hydrogens is 360 g/mol. The minimum atomic E-state index is 0.413. The molecule has 0 N–H and O–H groups in total. The summed E-state index contributed by atoms with van der Waals surface area (Å²) in [6.07, 6.45) is 18.5. The number of hydrogen-bond acceptors (Lipinski definition) is 0. The van der Waals surface area contributed by atoms with Gasteiger partial charge in [0.05, 0.1) is 0 Å². The highest BCUT2D eigenvalue weighted by molar-refractivity contribution is 5.23. The van der Waals surface area contributed by atoms with Crippen molar-refractivity contribution in [1.29, 1.82) is 0 Å². The third kappa shape index (κ3) is 2.52. The predicted molar refractivity (Wildman–Crippen MR) is 129 cm³/mol. The van der Waals surface area contributed by atoms with E-state index in [0.29, 0.717) is 27.1 Å². The van der Waals surface area contributed by atoms with Crippen LogP contribution in [-0.4, -0.2) is 0 Å². The molecule has 4 saturated carbocycles. The van der Waals surface area contributed by atoms with Crippen LogP contribution in [0.15, 0.2) is 12.2 Å². The molecule has 0 nitrogen and oxygen atoms in total. The molecule has 0 aliphatic heterocycles. The monoisotopic (exact) mass is 410 g/mol. The van der Waals surface area contributed by atoms with Crippen LogP contribution in [0.1, 0.15) is 113 Å². The van der Waals surface area contributed by atoms with Gasteiger partial charge in [0.2, 0.25) is 0 Å². The maximum absolute atomic E-state index is 2.79. The van der Waals surface area contributed by atoms with Crippen molar-refractivity contribution in [2.75, 3.05) is 0 Å². The fourth-order valence-corrected chi connectivity index (χ4v) is 11.3. The molecule has 5 aliphatic rings. The van der Waals surface area contributed by atoms with E-state index in [9.17, 15) is 0 Å². The molecule has 0 amide bonds. The summed E-state index contributed by atoms with van der Waals surface area (Å²) in [5, 5.41) is 0. The van der Waals surface area contributed by atoms with Crippen molar-refractivity contribution in [3.8, 4) is 0 Å². The SMILES string of the molecule is CC(C)[C@@H]1CCC2(C)CC[C@]3(C)C(CCC4C5(C)C=CCC(C)(C)[C@@H]5CCC43C)[C@@H]12. The van der Waals surface area contributed by atoms with Crippen LogP contribution in [0.3, 0.4) is 0 Å². The second kappa shape index (κ2) is 6.41. The molecule has 0 bridgehead atoms. The summed E-state index contributed by atoms with van der Waals surface area (Å²) in [7, 11) is 0. The lowest BCUT2D eigenvalue weighted by molar-refractivity contribution is -0.219. The van der Waals surface area contributed by atoms with Crippen LogP contribution >= 0.6 is 0 Å². The van der Waals surface area contributed by atoms with Gasteiger partial charge in [0.25, 0.3) is 0 Å². The highest BCUT2D eigenvalue weighted by Gasteiger charge is 2.69. The van der Waals surface area contributed by atoms with Gasteiger partial charge in [-0.1, -0.05) is 67.5 Å². The zero-order valence-corrected chi connectivity index (χ0v) is 21.5. The maximum Gasteiger partial charge on any atom is -0.00795 e. The molecule has 170 valence electrons. The Labute approximate surface area is 188 Å². The second-order valence-electron chi connectivity index (χ2n) is 14.8. The molecule has 0 saturated heterocycles. The van der Waals surface area contributed by atoms with Gasteiger partial charge in [0.15, 0.2) is 0 Å². The second-order valence-corrected chi connectivity index (χ2v) is 14.8. The van der Waals surface area contributed by atoms with Gasteiger partial charge in [-0.3, -0.25) is 0 Å². The molecule has 9 atom stereocenters. The van der Waals surface area contributed by atoms with E-state index in [-0.39, 0.29) is 0 Å². The predicted octanol–water partition coefficient (Wildman–Crippen LogP) is 8.91. The molecule has 5 unspecified atom stereocenters. The van der Waals surface area contributed by atoms with Gasteiger partial charge in [0, 0.05) is 0 Å². The molecule has 0 spiro atoms. The van der Waals surface area contributed by atoms with Gasteiger partial charge in [-0.05, 0) is 120 Å². The smallest absolute Gasteiger partial charge is 0.00795 e. The first-order valence-electron chi connectivity index (χ1n) is 13.6. The van der Waals surface area contributed by atoms with Crippen LogP contribution in [-0.2, 0) is 0 Å². The molecule has 4 fully saturated rings. The van der Waals surface area contributed by atoms with Crippen molar-refractivity contribution >= 4 is 0 Å². The first-order valence-corrected chi connectivity index (χ1v) is 13.6. The lowest BCUT2D eigenvalue weighted by Gasteiger charge is -2.72. The minimum Gasteiger partial charge on any atom is -0.0874 e. The van der Waals surface area contributed by atoms with Crippen molar-refractivity contribution in [2.24, 2.45) is 62.6 Å². The summed E-state index contributed by atoms with van der Waals surface area (Å²) >= 11 is 0. The standard InChI is InChI=1S/C30H50/c1-20(2)21-12-16-27(5)18-19-29(7)22(25(21)27)10-11-24-28(6)15-9-14-26(3,4)23(28)13-17-30(24,29)8/h9,15,20-25H,10-14,16-19H2,1-8H3/t21-,22?,23-,24?,25+,27?,28?,29+,30?/m0/s1. The Balaban J connectivity index is 1.56. The highest BCUT2D eigenvalue weighted by atomic mass is 14.7. The molecule has 30 heavy (non-hydrogen) atoms. The number of rotatable bonds is 1. The first-order chi connectivity index (χ1) is 13.9. The fourth-order valence-electron chi connectivity index (χ4n) is 11.3. The lowest BCUT2D eigenvalue weighted by Crippen LogP contribution is -2.64. The van der Waals surface area contributed by atoms with E-state index in [4.69, 9.17) is 0 Å². The minimum absolute atomic E-state index is 0.413. The average Bonchev–Trinajstić information content (AvgIpc) is 2.99. The molecule has 5 rings (SSSR count). The van der Waals surface area contributed by atoms with Crippen LogP contribution < -0.4 is 0 Å². The maximum atomic E-state index is 2.79. The Morgan fingerprint density at radius 2 is 1.47 bits per heavy atom. The van der Waals surface area contributed by atoms with Crippen molar-refractivity contribution in [1.82, 2.24) is 0 Å². The van der Waals surface area contributed by atoms with E-state index in [1.165, 1.54) is 57.8 Å². The van der Waals surface area contributed by atoms with Gasteiger partial charge in [-0.2, -0.15) is 0 Å². The quantitative estimate of drug-likeness (QED) is 0.378. The summed E-state index contributed by atoms with van der Waals surface area (Å²) in [6.45, 7) is 21.1. The Kier molecular flexibility index (Phi) is 4.61. The summed E-state index contributed by atoms with van der Waals surface area (Å²) in [5.74, 6) is 5.53. The third-order valence-corrected chi connectivity index (χ3v) is 13.0. The normalized spacial score (nSPS) is 56.8. The highest BCUT2D eigenvalue weighted by Crippen LogP contribution is 2.76. The molecular formula is C30H50. The van der Waals surface area contributed by atoms with E-state index in [2.05, 4.69) is 67.5 Å². The van der Waals surface area contributed by atoms with Crippen LogP contribution in [0.5, 0.6) is 0 Å². The summed E-state index contributed by atoms with van der Waals surface area (Å²) in [5.41, 5.74) is 2.58. The van der Waals surface area contributed by atoms with Gasteiger partial charge in [0.1, 0.15) is 0 Å². The average molecular weight is 411 g/mol. The Morgan fingerprint density at radius 3 is 2.17 bits per heavy atom. The number of hydrogen-bond donors (Lipinski definition) is 0. The van der Waals surface area contributed by atoms with E-state index in [1.54, 1.807) is 0 Å². The summed E-state index contributed by atoms with van der Waals surface area (Å²) < 4.78 is 0. The Hall–Kier alpha value is -0.260. The topological polar surface area (TPSA) is 0 Å². The summed E-state index contributed by atoms with van der Waals surface area (Å²) in [4.78, 5) is 0. The zero-order chi connectivity index (χ0) is 21.7. The molecule has 0 aromatic carbocycles. The number of allylic oxidation sites excluding steroid dienone is 2. The lowest BCUT2D eigenvalue weighted by atomic mass is 9.33. The Bertz CT molecular complexity index is 728.